The van der Waals surface area contributed by atoms with Gasteiger partial charge in [0.2, 0.25) is 5.91 Å². The Bertz CT molecular complexity index is 467. The molecular weight excluding hydrogens is 280 g/mol. The van der Waals surface area contributed by atoms with Crippen molar-refractivity contribution in [2.75, 3.05) is 26.2 Å². The first-order valence-corrected chi connectivity index (χ1v) is 7.12. The summed E-state index contributed by atoms with van der Waals surface area (Å²) in [6, 6.07) is 7.77. The van der Waals surface area contributed by atoms with Gasteiger partial charge in [-0.15, -0.1) is 0 Å². The van der Waals surface area contributed by atoms with Crippen LogP contribution in [0.25, 0.3) is 0 Å². The Morgan fingerprint density at radius 3 is 2.21 bits per heavy atom. The van der Waals surface area contributed by atoms with Crippen LogP contribution in [0.1, 0.15) is 12.5 Å². The molecule has 1 amide bonds. The van der Waals surface area contributed by atoms with Crippen LogP contribution >= 0.6 is 23.8 Å². The summed E-state index contributed by atoms with van der Waals surface area (Å²) in [6.07, 6.45) is 0.757. The molecule has 0 radical (unpaired) electrons. The van der Waals surface area contributed by atoms with Gasteiger partial charge in [0, 0.05) is 44.5 Å². The monoisotopic (exact) mass is 296 g/mol. The molecule has 0 bridgehead atoms. The Hall–Kier alpha value is -1.13. The molecule has 1 aromatic rings. The van der Waals surface area contributed by atoms with Crippen LogP contribution in [0.3, 0.4) is 0 Å². The normalized spacial score (nSPS) is 15.5. The third-order valence-corrected chi connectivity index (χ3v) is 4.00. The van der Waals surface area contributed by atoms with E-state index in [1.54, 1.807) is 6.92 Å². The van der Waals surface area contributed by atoms with E-state index >= 15 is 0 Å². The van der Waals surface area contributed by atoms with E-state index in [4.69, 9.17) is 23.8 Å². The van der Waals surface area contributed by atoms with Crippen molar-refractivity contribution in [2.24, 2.45) is 0 Å². The van der Waals surface area contributed by atoms with Gasteiger partial charge in [-0.25, -0.2) is 0 Å². The number of hydrogen-bond donors (Lipinski definition) is 0. The lowest BCUT2D eigenvalue weighted by atomic mass is 10.1. The number of benzene rings is 1. The van der Waals surface area contributed by atoms with Crippen LogP contribution in [0.4, 0.5) is 0 Å². The van der Waals surface area contributed by atoms with Crippen LogP contribution in [-0.4, -0.2) is 46.9 Å². The molecule has 0 aliphatic carbocycles. The van der Waals surface area contributed by atoms with E-state index in [0.717, 1.165) is 42.6 Å². The van der Waals surface area contributed by atoms with Crippen LogP contribution in [0.5, 0.6) is 0 Å². The highest BCUT2D eigenvalue weighted by Crippen LogP contribution is 2.12. The lowest BCUT2D eigenvalue weighted by molar-refractivity contribution is -0.130. The molecule has 1 aliphatic rings. The topological polar surface area (TPSA) is 23.6 Å². The summed E-state index contributed by atoms with van der Waals surface area (Å²) in [4.78, 5) is 16.2. The van der Waals surface area contributed by atoms with Crippen LogP contribution in [0, 0.1) is 0 Å². The predicted octanol–water partition coefficient (Wildman–Crippen LogP) is 2.37. The third kappa shape index (κ3) is 3.91. The molecular formula is C14H17ClN2OS. The highest BCUT2D eigenvalue weighted by atomic mass is 35.5. The summed E-state index contributed by atoms with van der Waals surface area (Å²) in [5.41, 5.74) is 1.17. The minimum Gasteiger partial charge on any atom is -0.362 e. The molecule has 0 unspecified atom stereocenters. The van der Waals surface area contributed by atoms with Gasteiger partial charge in [0.05, 0.1) is 4.99 Å². The van der Waals surface area contributed by atoms with Gasteiger partial charge in [0.15, 0.2) is 0 Å². The van der Waals surface area contributed by atoms with Crippen molar-refractivity contribution >= 4 is 34.7 Å². The van der Waals surface area contributed by atoms with Crippen molar-refractivity contribution in [3.63, 3.8) is 0 Å². The minimum atomic E-state index is 0.142. The summed E-state index contributed by atoms with van der Waals surface area (Å²) in [5.74, 6) is 0.142. The summed E-state index contributed by atoms with van der Waals surface area (Å²) < 4.78 is 0. The number of halogens is 1. The maximum atomic E-state index is 11.3. The fourth-order valence-corrected chi connectivity index (χ4v) is 2.63. The number of hydrogen-bond acceptors (Lipinski definition) is 2. The van der Waals surface area contributed by atoms with Gasteiger partial charge >= 0.3 is 0 Å². The number of carbonyl (C=O) groups excluding carboxylic acids is 1. The lowest BCUT2D eigenvalue weighted by Crippen LogP contribution is -2.50. The van der Waals surface area contributed by atoms with Gasteiger partial charge in [0.1, 0.15) is 0 Å². The number of carbonyl (C=O) groups is 1. The van der Waals surface area contributed by atoms with Crippen molar-refractivity contribution in [1.29, 1.82) is 0 Å². The third-order valence-electron chi connectivity index (χ3n) is 3.35. The number of nitrogens with zero attached hydrogens (tertiary/aromatic N) is 2. The summed E-state index contributed by atoms with van der Waals surface area (Å²) in [5, 5.41) is 0.741. The second-order valence-corrected chi connectivity index (χ2v) is 5.60. The second-order valence-electron chi connectivity index (χ2n) is 4.69. The van der Waals surface area contributed by atoms with Crippen LogP contribution in [-0.2, 0) is 11.2 Å². The molecule has 102 valence electrons. The van der Waals surface area contributed by atoms with Crippen molar-refractivity contribution in [3.8, 4) is 0 Å². The van der Waals surface area contributed by atoms with Crippen molar-refractivity contribution in [1.82, 2.24) is 9.80 Å². The molecule has 5 heteroatoms. The largest absolute Gasteiger partial charge is 0.362 e. The fourth-order valence-electron chi connectivity index (χ4n) is 2.16. The molecule has 1 fully saturated rings. The summed E-state index contributed by atoms with van der Waals surface area (Å²) in [6.45, 7) is 4.78. The fraction of sp³-hybridized carbons (Fsp3) is 0.429. The molecule has 2 rings (SSSR count). The van der Waals surface area contributed by atoms with E-state index in [1.807, 2.05) is 29.2 Å². The molecule has 1 saturated heterocycles. The minimum absolute atomic E-state index is 0.142. The molecule has 0 atom stereocenters. The van der Waals surface area contributed by atoms with Crippen LogP contribution in [0.15, 0.2) is 24.3 Å². The smallest absolute Gasteiger partial charge is 0.219 e. The van der Waals surface area contributed by atoms with Crippen LogP contribution < -0.4 is 0 Å². The summed E-state index contributed by atoms with van der Waals surface area (Å²) in [7, 11) is 0. The van der Waals surface area contributed by atoms with Gasteiger partial charge in [-0.3, -0.25) is 4.79 Å². The number of piperazine rings is 1. The highest BCUT2D eigenvalue weighted by molar-refractivity contribution is 7.80. The molecule has 3 nitrogen and oxygen atoms in total. The zero-order valence-electron chi connectivity index (χ0n) is 10.9. The van der Waals surface area contributed by atoms with E-state index in [9.17, 15) is 4.79 Å². The van der Waals surface area contributed by atoms with Crippen LogP contribution in [0.2, 0.25) is 5.02 Å². The molecule has 0 aromatic heterocycles. The quantitative estimate of drug-likeness (QED) is 0.783. The Morgan fingerprint density at radius 1 is 1.16 bits per heavy atom. The first kappa shape index (κ1) is 14.3. The van der Waals surface area contributed by atoms with Gasteiger partial charge in [-0.05, 0) is 17.7 Å². The summed E-state index contributed by atoms with van der Waals surface area (Å²) >= 11 is 11.3. The van der Waals surface area contributed by atoms with Crippen molar-refractivity contribution < 1.29 is 4.79 Å². The zero-order valence-corrected chi connectivity index (χ0v) is 12.5. The molecule has 19 heavy (non-hydrogen) atoms. The lowest BCUT2D eigenvalue weighted by Gasteiger charge is -2.35. The molecule has 1 aromatic carbocycles. The second kappa shape index (κ2) is 6.35. The van der Waals surface area contributed by atoms with Crippen molar-refractivity contribution in [3.05, 3.63) is 34.9 Å². The van der Waals surface area contributed by atoms with E-state index in [-0.39, 0.29) is 5.91 Å². The molecule has 0 N–H and O–H groups in total. The van der Waals surface area contributed by atoms with Gasteiger partial charge < -0.3 is 9.80 Å². The maximum absolute atomic E-state index is 11.3. The first-order valence-electron chi connectivity index (χ1n) is 6.34. The molecule has 0 spiro atoms. The zero-order chi connectivity index (χ0) is 13.8. The van der Waals surface area contributed by atoms with Gasteiger partial charge in [0.25, 0.3) is 0 Å². The Balaban J connectivity index is 1.88. The molecule has 0 saturated carbocycles. The average Bonchev–Trinajstić information content (AvgIpc) is 2.41. The Kier molecular flexibility index (Phi) is 4.77. The average molecular weight is 297 g/mol. The Morgan fingerprint density at radius 2 is 1.68 bits per heavy atom. The predicted molar refractivity (Wildman–Crippen MR) is 81.6 cm³/mol. The first-order chi connectivity index (χ1) is 9.06. The highest BCUT2D eigenvalue weighted by Gasteiger charge is 2.20. The number of amides is 1. The number of rotatable bonds is 2. The standard InChI is InChI=1S/C14H17ClN2OS/c1-11(18)16-6-8-17(9-7-16)14(19)10-12-2-4-13(15)5-3-12/h2-5H,6-10H2,1H3. The van der Waals surface area contributed by atoms with Gasteiger partial charge in [-0.1, -0.05) is 36.0 Å². The maximum Gasteiger partial charge on any atom is 0.219 e. The van der Waals surface area contributed by atoms with Gasteiger partial charge in [-0.2, -0.15) is 0 Å². The van der Waals surface area contributed by atoms with E-state index in [0.29, 0.717) is 0 Å². The van der Waals surface area contributed by atoms with E-state index in [1.165, 1.54) is 5.56 Å². The number of thiocarbonyl (C=S) groups is 1. The molecule has 1 aliphatic heterocycles. The van der Waals surface area contributed by atoms with Crippen molar-refractivity contribution in [2.45, 2.75) is 13.3 Å². The van der Waals surface area contributed by atoms with E-state index in [2.05, 4.69) is 4.90 Å². The molecule has 1 heterocycles. The SMILES string of the molecule is CC(=O)N1CCN(C(=S)Cc2ccc(Cl)cc2)CC1. The van der Waals surface area contributed by atoms with E-state index < -0.39 is 0 Å². The Labute approximate surface area is 124 Å².